The molecule has 1 aliphatic rings. The Morgan fingerprint density at radius 2 is 1.78 bits per heavy atom. The first-order valence-electron chi connectivity index (χ1n) is 7.56. The van der Waals surface area contributed by atoms with Crippen LogP contribution in [-0.2, 0) is 0 Å². The number of rotatable bonds is 2. The zero-order chi connectivity index (χ0) is 16.4. The van der Waals surface area contributed by atoms with Crippen molar-refractivity contribution in [1.82, 2.24) is 9.80 Å². The lowest BCUT2D eigenvalue weighted by molar-refractivity contribution is 0.0498. The Hall–Kier alpha value is -1.55. The number of carbonyl (C=O) groups excluding carboxylic acids is 1. The molecule has 2 aromatic carbocycles. The molecule has 1 unspecified atom stereocenters. The van der Waals surface area contributed by atoms with Crippen molar-refractivity contribution in [2.24, 2.45) is 0 Å². The third kappa shape index (κ3) is 3.52. The van der Waals surface area contributed by atoms with Crippen molar-refractivity contribution in [3.05, 3.63) is 69.7 Å². The van der Waals surface area contributed by atoms with Gasteiger partial charge in [0.25, 0.3) is 5.91 Å². The minimum absolute atomic E-state index is 0.00878. The Kier molecular flexibility index (Phi) is 4.90. The Morgan fingerprint density at radius 1 is 1.04 bits per heavy atom. The minimum Gasteiger partial charge on any atom is -0.329 e. The van der Waals surface area contributed by atoms with E-state index in [1.165, 1.54) is 0 Å². The van der Waals surface area contributed by atoms with Gasteiger partial charge in [-0.1, -0.05) is 53.5 Å². The van der Waals surface area contributed by atoms with E-state index in [4.69, 9.17) is 23.2 Å². The first-order chi connectivity index (χ1) is 11.1. The number of nitrogens with zero attached hydrogens (tertiary/aromatic N) is 2. The van der Waals surface area contributed by atoms with Crippen LogP contribution < -0.4 is 0 Å². The van der Waals surface area contributed by atoms with Gasteiger partial charge in [0.05, 0.1) is 16.1 Å². The molecule has 1 saturated heterocycles. The predicted octanol–water partition coefficient (Wildman–Crippen LogP) is 4.12. The van der Waals surface area contributed by atoms with E-state index in [0.717, 1.165) is 18.7 Å². The number of hydrogen-bond donors (Lipinski definition) is 0. The van der Waals surface area contributed by atoms with Crippen molar-refractivity contribution in [3.63, 3.8) is 0 Å². The van der Waals surface area contributed by atoms with Crippen LogP contribution in [0.5, 0.6) is 0 Å². The molecule has 3 nitrogen and oxygen atoms in total. The van der Waals surface area contributed by atoms with E-state index in [0.29, 0.717) is 22.2 Å². The Balaban J connectivity index is 1.91. The predicted molar refractivity (Wildman–Crippen MR) is 94.2 cm³/mol. The Labute approximate surface area is 146 Å². The third-order valence-electron chi connectivity index (χ3n) is 4.20. The van der Waals surface area contributed by atoms with Gasteiger partial charge in [0, 0.05) is 25.2 Å². The molecule has 23 heavy (non-hydrogen) atoms. The molecule has 1 fully saturated rings. The molecule has 0 aliphatic carbocycles. The summed E-state index contributed by atoms with van der Waals surface area (Å²) in [5.41, 5.74) is 1.72. The lowest BCUT2D eigenvalue weighted by Crippen LogP contribution is -2.49. The molecule has 1 amide bonds. The van der Waals surface area contributed by atoms with E-state index in [9.17, 15) is 4.79 Å². The average molecular weight is 349 g/mol. The van der Waals surface area contributed by atoms with E-state index in [1.54, 1.807) is 18.2 Å². The fourth-order valence-electron chi connectivity index (χ4n) is 2.92. The topological polar surface area (TPSA) is 23.6 Å². The molecule has 2 aromatic rings. The lowest BCUT2D eigenvalue weighted by atomic mass is 10.0. The molecule has 1 heterocycles. The van der Waals surface area contributed by atoms with Gasteiger partial charge >= 0.3 is 0 Å². The average Bonchev–Trinajstić information content (AvgIpc) is 2.57. The summed E-state index contributed by atoms with van der Waals surface area (Å²) >= 11 is 12.0. The van der Waals surface area contributed by atoms with Gasteiger partial charge in [-0.15, -0.1) is 0 Å². The van der Waals surface area contributed by atoms with Crippen molar-refractivity contribution in [1.29, 1.82) is 0 Å². The minimum atomic E-state index is -0.00878. The number of amides is 1. The highest BCUT2D eigenvalue weighted by Gasteiger charge is 2.30. The summed E-state index contributed by atoms with van der Waals surface area (Å²) in [5.74, 6) is -0.00878. The van der Waals surface area contributed by atoms with Gasteiger partial charge in [-0.2, -0.15) is 0 Å². The summed E-state index contributed by atoms with van der Waals surface area (Å²) in [5, 5.41) is 0.865. The highest BCUT2D eigenvalue weighted by molar-refractivity contribution is 6.42. The fraction of sp³-hybridized carbons (Fsp3) is 0.278. The van der Waals surface area contributed by atoms with Crippen molar-refractivity contribution < 1.29 is 4.79 Å². The van der Waals surface area contributed by atoms with Gasteiger partial charge in [-0.05, 0) is 30.8 Å². The van der Waals surface area contributed by atoms with Crippen LogP contribution in [0.3, 0.4) is 0 Å². The fourth-order valence-corrected chi connectivity index (χ4v) is 3.22. The first kappa shape index (κ1) is 16.3. The molecule has 0 bridgehead atoms. The standard InChI is InChI=1S/C18H18Cl2N2O/c1-21-9-10-22(17(12-21)13-5-3-2-4-6-13)18(23)14-7-8-15(19)16(20)11-14/h2-8,11,17H,9-10,12H2,1H3. The van der Waals surface area contributed by atoms with E-state index in [-0.39, 0.29) is 11.9 Å². The number of piperazine rings is 1. The molecule has 120 valence electrons. The highest BCUT2D eigenvalue weighted by Crippen LogP contribution is 2.28. The van der Waals surface area contributed by atoms with Gasteiger partial charge in [0.15, 0.2) is 0 Å². The van der Waals surface area contributed by atoms with Crippen LogP contribution in [0.15, 0.2) is 48.5 Å². The maximum Gasteiger partial charge on any atom is 0.254 e. The molecule has 0 saturated carbocycles. The van der Waals surface area contributed by atoms with Crippen molar-refractivity contribution in [2.45, 2.75) is 6.04 Å². The number of benzene rings is 2. The summed E-state index contributed by atoms with van der Waals surface area (Å²) in [6.45, 7) is 2.36. The summed E-state index contributed by atoms with van der Waals surface area (Å²) < 4.78 is 0. The molecular weight excluding hydrogens is 331 g/mol. The van der Waals surface area contributed by atoms with Gasteiger partial charge in [-0.3, -0.25) is 4.79 Å². The SMILES string of the molecule is CN1CCN(C(=O)c2ccc(Cl)c(Cl)c2)C(c2ccccc2)C1. The smallest absolute Gasteiger partial charge is 0.254 e. The van der Waals surface area contributed by atoms with Crippen LogP contribution in [0, 0.1) is 0 Å². The van der Waals surface area contributed by atoms with Crippen LogP contribution in [0.2, 0.25) is 10.0 Å². The van der Waals surface area contributed by atoms with Crippen molar-refractivity contribution in [2.75, 3.05) is 26.7 Å². The van der Waals surface area contributed by atoms with E-state index in [2.05, 4.69) is 24.1 Å². The second kappa shape index (κ2) is 6.91. The maximum atomic E-state index is 13.0. The molecule has 1 atom stereocenters. The van der Waals surface area contributed by atoms with Gasteiger partial charge < -0.3 is 9.80 Å². The van der Waals surface area contributed by atoms with Crippen molar-refractivity contribution >= 4 is 29.1 Å². The lowest BCUT2D eigenvalue weighted by Gasteiger charge is -2.40. The third-order valence-corrected chi connectivity index (χ3v) is 4.93. The molecule has 0 radical (unpaired) electrons. The second-order valence-corrected chi connectivity index (χ2v) is 6.63. The molecule has 0 spiro atoms. The summed E-state index contributed by atoms with van der Waals surface area (Å²) in [7, 11) is 2.08. The largest absolute Gasteiger partial charge is 0.329 e. The summed E-state index contributed by atoms with van der Waals surface area (Å²) in [6.07, 6.45) is 0. The summed E-state index contributed by atoms with van der Waals surface area (Å²) in [4.78, 5) is 17.1. The van der Waals surface area contributed by atoms with Gasteiger partial charge in [0.2, 0.25) is 0 Å². The Bertz CT molecular complexity index is 705. The van der Waals surface area contributed by atoms with E-state index >= 15 is 0 Å². The molecular formula is C18H18Cl2N2O. The molecule has 1 aliphatic heterocycles. The van der Waals surface area contributed by atoms with Crippen LogP contribution in [-0.4, -0.2) is 42.4 Å². The first-order valence-corrected chi connectivity index (χ1v) is 8.31. The number of likely N-dealkylation sites (N-methyl/N-ethyl adjacent to an activating group) is 1. The van der Waals surface area contributed by atoms with Crippen LogP contribution in [0.4, 0.5) is 0 Å². The monoisotopic (exact) mass is 348 g/mol. The maximum absolute atomic E-state index is 13.0. The Morgan fingerprint density at radius 3 is 2.48 bits per heavy atom. The van der Waals surface area contributed by atoms with E-state index < -0.39 is 0 Å². The van der Waals surface area contributed by atoms with Gasteiger partial charge in [-0.25, -0.2) is 0 Å². The zero-order valence-corrected chi connectivity index (χ0v) is 14.4. The highest BCUT2D eigenvalue weighted by atomic mass is 35.5. The van der Waals surface area contributed by atoms with Gasteiger partial charge in [0.1, 0.15) is 0 Å². The quantitative estimate of drug-likeness (QED) is 0.814. The van der Waals surface area contributed by atoms with Crippen LogP contribution >= 0.6 is 23.2 Å². The molecule has 0 aromatic heterocycles. The van der Waals surface area contributed by atoms with Crippen LogP contribution in [0.25, 0.3) is 0 Å². The van der Waals surface area contributed by atoms with Crippen molar-refractivity contribution in [3.8, 4) is 0 Å². The second-order valence-electron chi connectivity index (χ2n) is 5.82. The summed E-state index contributed by atoms with van der Waals surface area (Å²) in [6, 6.07) is 15.2. The van der Waals surface area contributed by atoms with E-state index in [1.807, 2.05) is 23.1 Å². The number of hydrogen-bond acceptors (Lipinski definition) is 2. The molecule has 0 N–H and O–H groups in total. The number of halogens is 2. The normalized spacial score (nSPS) is 18.9. The molecule has 5 heteroatoms. The number of carbonyl (C=O) groups is 1. The van der Waals surface area contributed by atoms with Crippen LogP contribution in [0.1, 0.15) is 22.0 Å². The molecule has 3 rings (SSSR count). The zero-order valence-electron chi connectivity index (χ0n) is 12.9.